The maximum absolute atomic E-state index is 14.4. The summed E-state index contributed by atoms with van der Waals surface area (Å²) in [5.74, 6) is 0.610. The van der Waals surface area contributed by atoms with Crippen molar-refractivity contribution >= 4 is 0 Å². The molecular formula is C14H22F2O2. The third kappa shape index (κ3) is 2.07. The Kier molecular flexibility index (Phi) is 3.35. The van der Waals surface area contributed by atoms with Crippen molar-refractivity contribution in [1.29, 1.82) is 0 Å². The summed E-state index contributed by atoms with van der Waals surface area (Å²) in [4.78, 5) is 0. The van der Waals surface area contributed by atoms with Crippen LogP contribution in [0.4, 0.5) is 8.78 Å². The zero-order chi connectivity index (χ0) is 12.9. The van der Waals surface area contributed by atoms with Gasteiger partial charge in [0, 0.05) is 12.3 Å². The Bertz CT molecular complexity index is 302. The van der Waals surface area contributed by atoms with Gasteiger partial charge in [0.05, 0.1) is 18.3 Å². The van der Waals surface area contributed by atoms with Gasteiger partial charge in [-0.05, 0) is 25.7 Å². The Morgan fingerprint density at radius 1 is 0.944 bits per heavy atom. The molecule has 0 amide bonds. The molecule has 1 saturated carbocycles. The van der Waals surface area contributed by atoms with Crippen LogP contribution in [0.25, 0.3) is 0 Å². The van der Waals surface area contributed by atoms with Gasteiger partial charge >= 0.3 is 0 Å². The molecule has 0 aromatic heterocycles. The van der Waals surface area contributed by atoms with Crippen LogP contribution >= 0.6 is 0 Å². The molecule has 8 unspecified atom stereocenters. The van der Waals surface area contributed by atoms with Crippen molar-refractivity contribution in [2.45, 2.75) is 76.3 Å². The SMILES string of the molecule is CC1CCC2C(C1)OC(C1CC(F)C(C)O1)C2F. The molecule has 104 valence electrons. The van der Waals surface area contributed by atoms with Gasteiger partial charge in [-0.2, -0.15) is 0 Å². The largest absolute Gasteiger partial charge is 0.369 e. The zero-order valence-electron chi connectivity index (χ0n) is 11.0. The van der Waals surface area contributed by atoms with E-state index in [2.05, 4.69) is 6.92 Å². The second-order valence-corrected chi connectivity index (χ2v) is 6.30. The second kappa shape index (κ2) is 4.71. The first kappa shape index (κ1) is 12.8. The second-order valence-electron chi connectivity index (χ2n) is 6.30. The number of alkyl halides is 2. The fourth-order valence-electron chi connectivity index (χ4n) is 3.73. The molecule has 3 fully saturated rings. The van der Waals surface area contributed by atoms with E-state index in [0.29, 0.717) is 5.92 Å². The summed E-state index contributed by atoms with van der Waals surface area (Å²) in [6.07, 6.45) is -0.129. The van der Waals surface area contributed by atoms with E-state index in [-0.39, 0.29) is 18.4 Å². The van der Waals surface area contributed by atoms with E-state index in [0.717, 1.165) is 19.3 Å². The number of halogens is 2. The highest BCUT2D eigenvalue weighted by Gasteiger charge is 2.52. The average Bonchev–Trinajstić information content (AvgIpc) is 2.81. The van der Waals surface area contributed by atoms with Crippen molar-refractivity contribution in [3.05, 3.63) is 0 Å². The Labute approximate surface area is 107 Å². The molecule has 3 aliphatic rings. The van der Waals surface area contributed by atoms with Gasteiger partial charge in [-0.15, -0.1) is 0 Å². The number of hydrogen-bond acceptors (Lipinski definition) is 2. The first-order valence-electron chi connectivity index (χ1n) is 7.15. The van der Waals surface area contributed by atoms with Crippen LogP contribution in [0.2, 0.25) is 0 Å². The Morgan fingerprint density at radius 3 is 2.39 bits per heavy atom. The fourth-order valence-corrected chi connectivity index (χ4v) is 3.73. The van der Waals surface area contributed by atoms with Crippen LogP contribution in [0.3, 0.4) is 0 Å². The molecule has 0 aromatic carbocycles. The molecule has 8 atom stereocenters. The number of rotatable bonds is 1. The summed E-state index contributed by atoms with van der Waals surface area (Å²) in [5.41, 5.74) is 0. The number of hydrogen-bond donors (Lipinski definition) is 0. The van der Waals surface area contributed by atoms with Crippen LogP contribution in [-0.2, 0) is 9.47 Å². The van der Waals surface area contributed by atoms with Gasteiger partial charge in [-0.25, -0.2) is 8.78 Å². The van der Waals surface area contributed by atoms with Crippen molar-refractivity contribution in [3.63, 3.8) is 0 Å². The molecule has 0 bridgehead atoms. The van der Waals surface area contributed by atoms with Crippen molar-refractivity contribution in [1.82, 2.24) is 0 Å². The fraction of sp³-hybridized carbons (Fsp3) is 1.00. The Balaban J connectivity index is 1.68. The predicted molar refractivity (Wildman–Crippen MR) is 63.9 cm³/mol. The summed E-state index contributed by atoms with van der Waals surface area (Å²) >= 11 is 0. The summed E-state index contributed by atoms with van der Waals surface area (Å²) in [5, 5.41) is 0. The van der Waals surface area contributed by atoms with Gasteiger partial charge < -0.3 is 9.47 Å². The lowest BCUT2D eigenvalue weighted by Crippen LogP contribution is -2.34. The molecule has 2 saturated heterocycles. The molecule has 0 radical (unpaired) electrons. The molecule has 2 aliphatic heterocycles. The van der Waals surface area contributed by atoms with E-state index < -0.39 is 30.7 Å². The van der Waals surface area contributed by atoms with Gasteiger partial charge in [-0.3, -0.25) is 0 Å². The van der Waals surface area contributed by atoms with Crippen LogP contribution < -0.4 is 0 Å². The van der Waals surface area contributed by atoms with Crippen LogP contribution in [0.5, 0.6) is 0 Å². The minimum atomic E-state index is -0.981. The Hall–Kier alpha value is -0.220. The van der Waals surface area contributed by atoms with E-state index in [4.69, 9.17) is 9.47 Å². The highest BCUT2D eigenvalue weighted by atomic mass is 19.1. The Morgan fingerprint density at radius 2 is 1.72 bits per heavy atom. The first-order valence-corrected chi connectivity index (χ1v) is 7.15. The maximum atomic E-state index is 14.4. The van der Waals surface area contributed by atoms with Crippen molar-refractivity contribution in [2.24, 2.45) is 11.8 Å². The van der Waals surface area contributed by atoms with Gasteiger partial charge in [0.2, 0.25) is 0 Å². The molecule has 2 nitrogen and oxygen atoms in total. The third-order valence-electron chi connectivity index (χ3n) is 4.88. The van der Waals surface area contributed by atoms with Gasteiger partial charge in [-0.1, -0.05) is 13.3 Å². The molecular weight excluding hydrogens is 238 g/mol. The lowest BCUT2D eigenvalue weighted by atomic mass is 9.79. The van der Waals surface area contributed by atoms with E-state index in [1.807, 2.05) is 0 Å². The maximum Gasteiger partial charge on any atom is 0.134 e. The van der Waals surface area contributed by atoms with E-state index in [1.165, 1.54) is 0 Å². The minimum Gasteiger partial charge on any atom is -0.369 e. The normalized spacial score (nSPS) is 56.7. The number of ether oxygens (including phenoxy) is 2. The van der Waals surface area contributed by atoms with Crippen molar-refractivity contribution in [3.8, 4) is 0 Å². The van der Waals surface area contributed by atoms with E-state index >= 15 is 0 Å². The van der Waals surface area contributed by atoms with Gasteiger partial charge in [0.15, 0.2) is 0 Å². The van der Waals surface area contributed by atoms with Crippen LogP contribution in [0, 0.1) is 11.8 Å². The molecule has 0 aromatic rings. The number of fused-ring (bicyclic) bond motifs is 1. The zero-order valence-corrected chi connectivity index (χ0v) is 11.0. The topological polar surface area (TPSA) is 18.5 Å². The highest BCUT2D eigenvalue weighted by molar-refractivity contribution is 4.99. The quantitative estimate of drug-likeness (QED) is 0.721. The smallest absolute Gasteiger partial charge is 0.134 e. The summed E-state index contributed by atoms with van der Waals surface area (Å²) in [6, 6.07) is 0. The van der Waals surface area contributed by atoms with Crippen molar-refractivity contribution in [2.75, 3.05) is 0 Å². The molecule has 18 heavy (non-hydrogen) atoms. The van der Waals surface area contributed by atoms with Crippen LogP contribution in [0.15, 0.2) is 0 Å². The molecule has 3 rings (SSSR count). The average molecular weight is 260 g/mol. The lowest BCUT2D eigenvalue weighted by Gasteiger charge is -2.28. The minimum absolute atomic E-state index is 0.00349. The highest BCUT2D eigenvalue weighted by Crippen LogP contribution is 2.44. The molecule has 0 N–H and O–H groups in total. The van der Waals surface area contributed by atoms with Gasteiger partial charge in [0.25, 0.3) is 0 Å². The molecule has 4 heteroatoms. The van der Waals surface area contributed by atoms with Crippen molar-refractivity contribution < 1.29 is 18.3 Å². The predicted octanol–water partition coefficient (Wildman–Crippen LogP) is 3.04. The van der Waals surface area contributed by atoms with Gasteiger partial charge in [0.1, 0.15) is 18.4 Å². The first-order chi connectivity index (χ1) is 8.56. The molecule has 1 aliphatic carbocycles. The third-order valence-corrected chi connectivity index (χ3v) is 4.88. The lowest BCUT2D eigenvalue weighted by molar-refractivity contribution is -0.0816. The summed E-state index contributed by atoms with van der Waals surface area (Å²) in [7, 11) is 0. The van der Waals surface area contributed by atoms with Crippen LogP contribution in [-0.4, -0.2) is 36.8 Å². The standard InChI is InChI=1S/C14H22F2O2/c1-7-3-4-9-11(5-7)18-14(13(9)16)12-6-10(15)8(2)17-12/h7-14H,3-6H2,1-2H3. The van der Waals surface area contributed by atoms with E-state index in [9.17, 15) is 8.78 Å². The van der Waals surface area contributed by atoms with Crippen LogP contribution in [0.1, 0.15) is 39.5 Å². The summed E-state index contributed by atoms with van der Waals surface area (Å²) < 4.78 is 39.3. The monoisotopic (exact) mass is 260 g/mol. The summed E-state index contributed by atoms with van der Waals surface area (Å²) in [6.45, 7) is 3.90. The molecule has 0 spiro atoms. The van der Waals surface area contributed by atoms with E-state index in [1.54, 1.807) is 6.92 Å². The molecule has 2 heterocycles.